The number of ether oxygens (including phenoxy) is 2. The maximum atomic E-state index is 12.1. The zero-order valence-corrected chi connectivity index (χ0v) is 17.6. The number of nitrogens with one attached hydrogen (secondary N) is 1. The van der Waals surface area contributed by atoms with Crippen LogP contribution in [0.2, 0.25) is 5.02 Å². The molecule has 0 aliphatic carbocycles. The smallest absolute Gasteiger partial charge is 0.271 e. The molecule has 0 unspecified atom stereocenters. The molecule has 0 radical (unpaired) electrons. The Morgan fingerprint density at radius 2 is 1.73 bits per heavy atom. The van der Waals surface area contributed by atoms with Gasteiger partial charge in [0.2, 0.25) is 0 Å². The van der Waals surface area contributed by atoms with Crippen molar-refractivity contribution in [3.63, 3.8) is 0 Å². The number of carbonyl (C=O) groups is 1. The van der Waals surface area contributed by atoms with Crippen molar-refractivity contribution in [2.45, 2.75) is 20.5 Å². The van der Waals surface area contributed by atoms with Crippen LogP contribution >= 0.6 is 11.6 Å². The minimum absolute atomic E-state index is 0.314. The van der Waals surface area contributed by atoms with Gasteiger partial charge in [-0.1, -0.05) is 41.4 Å². The fourth-order valence-electron chi connectivity index (χ4n) is 2.67. The second-order valence-electron chi connectivity index (χ2n) is 6.62. The molecule has 0 spiro atoms. The first-order valence-corrected chi connectivity index (χ1v) is 9.97. The third-order valence-electron chi connectivity index (χ3n) is 4.27. The molecule has 0 saturated carbocycles. The lowest BCUT2D eigenvalue weighted by Crippen LogP contribution is -2.17. The van der Waals surface area contributed by atoms with E-state index in [2.05, 4.69) is 29.6 Å². The molecule has 0 aliphatic rings. The van der Waals surface area contributed by atoms with E-state index in [4.69, 9.17) is 21.1 Å². The highest BCUT2D eigenvalue weighted by Crippen LogP contribution is 2.29. The molecule has 0 saturated heterocycles. The van der Waals surface area contributed by atoms with Crippen molar-refractivity contribution in [3.05, 3.63) is 94.0 Å². The van der Waals surface area contributed by atoms with E-state index in [0.717, 1.165) is 11.1 Å². The molecule has 0 atom stereocenters. The Kier molecular flexibility index (Phi) is 7.46. The molecule has 0 heterocycles. The first-order chi connectivity index (χ1) is 14.5. The number of nitrogens with zero attached hydrogens (tertiary/aromatic N) is 1. The Bertz CT molecular complexity index is 1020. The number of hydrazone groups is 1. The van der Waals surface area contributed by atoms with E-state index in [0.29, 0.717) is 35.3 Å². The van der Waals surface area contributed by atoms with Crippen molar-refractivity contribution in [2.75, 3.05) is 6.61 Å². The molecule has 30 heavy (non-hydrogen) atoms. The quantitative estimate of drug-likeness (QED) is 0.391. The monoisotopic (exact) mass is 422 g/mol. The zero-order valence-electron chi connectivity index (χ0n) is 16.9. The molecule has 3 aromatic rings. The Labute approximate surface area is 181 Å². The molecule has 154 valence electrons. The maximum Gasteiger partial charge on any atom is 0.271 e. The van der Waals surface area contributed by atoms with Crippen LogP contribution in [0.5, 0.6) is 11.5 Å². The number of rotatable bonds is 8. The van der Waals surface area contributed by atoms with Crippen molar-refractivity contribution >= 4 is 23.7 Å². The van der Waals surface area contributed by atoms with E-state index in [-0.39, 0.29) is 5.91 Å². The minimum Gasteiger partial charge on any atom is -0.490 e. The molecule has 0 aliphatic heterocycles. The predicted octanol–water partition coefficient (Wildman–Crippen LogP) is 5.39. The summed E-state index contributed by atoms with van der Waals surface area (Å²) in [5, 5.41) is 4.59. The number of carbonyl (C=O) groups excluding carboxylic acids is 1. The lowest BCUT2D eigenvalue weighted by molar-refractivity contribution is 0.0955. The van der Waals surface area contributed by atoms with Gasteiger partial charge in [-0.15, -0.1) is 0 Å². The van der Waals surface area contributed by atoms with Gasteiger partial charge in [0.25, 0.3) is 5.91 Å². The van der Waals surface area contributed by atoms with Gasteiger partial charge in [0.15, 0.2) is 11.5 Å². The van der Waals surface area contributed by atoms with Crippen LogP contribution in [-0.4, -0.2) is 18.7 Å². The van der Waals surface area contributed by atoms with Crippen molar-refractivity contribution in [1.29, 1.82) is 0 Å². The molecular formula is C24H23ClN2O3. The third kappa shape index (κ3) is 6.09. The van der Waals surface area contributed by atoms with Gasteiger partial charge in [0, 0.05) is 10.6 Å². The molecule has 0 aromatic heterocycles. The van der Waals surface area contributed by atoms with Gasteiger partial charge in [-0.05, 0) is 67.4 Å². The summed E-state index contributed by atoms with van der Waals surface area (Å²) in [6.07, 6.45) is 1.56. The van der Waals surface area contributed by atoms with Crippen LogP contribution in [0.3, 0.4) is 0 Å². The number of halogens is 1. The number of hydrogen-bond acceptors (Lipinski definition) is 4. The number of amides is 1. The summed E-state index contributed by atoms with van der Waals surface area (Å²) in [5.74, 6) is 0.961. The summed E-state index contributed by atoms with van der Waals surface area (Å²) in [7, 11) is 0. The fourth-order valence-corrected chi connectivity index (χ4v) is 2.80. The summed E-state index contributed by atoms with van der Waals surface area (Å²) in [6.45, 7) is 4.92. The molecule has 0 bridgehead atoms. The van der Waals surface area contributed by atoms with Crippen molar-refractivity contribution < 1.29 is 14.3 Å². The van der Waals surface area contributed by atoms with Gasteiger partial charge < -0.3 is 9.47 Å². The van der Waals surface area contributed by atoms with Gasteiger partial charge in [-0.25, -0.2) is 5.43 Å². The fraction of sp³-hybridized carbons (Fsp3) is 0.167. The van der Waals surface area contributed by atoms with Gasteiger partial charge in [-0.3, -0.25) is 4.79 Å². The predicted molar refractivity (Wildman–Crippen MR) is 120 cm³/mol. The normalized spacial score (nSPS) is 10.8. The molecule has 1 N–H and O–H groups in total. The molecule has 3 rings (SSSR count). The molecule has 0 fully saturated rings. The Balaban J connectivity index is 1.64. The van der Waals surface area contributed by atoms with Crippen LogP contribution in [0.1, 0.15) is 34.0 Å². The van der Waals surface area contributed by atoms with Crippen LogP contribution < -0.4 is 14.9 Å². The van der Waals surface area contributed by atoms with Crippen LogP contribution in [0, 0.1) is 6.92 Å². The molecular weight excluding hydrogens is 400 g/mol. The van der Waals surface area contributed by atoms with E-state index in [1.165, 1.54) is 5.56 Å². The van der Waals surface area contributed by atoms with E-state index >= 15 is 0 Å². The number of benzene rings is 3. The zero-order chi connectivity index (χ0) is 21.3. The SMILES string of the molecule is CCOc1cc(/C=N\NC(=O)c2ccc(Cl)cc2)ccc1OCc1ccc(C)cc1. The Morgan fingerprint density at radius 3 is 2.43 bits per heavy atom. The summed E-state index contributed by atoms with van der Waals surface area (Å²) in [4.78, 5) is 12.1. The summed E-state index contributed by atoms with van der Waals surface area (Å²) < 4.78 is 11.6. The van der Waals surface area contributed by atoms with Crippen molar-refractivity contribution in [1.82, 2.24) is 5.43 Å². The van der Waals surface area contributed by atoms with E-state index < -0.39 is 0 Å². The van der Waals surface area contributed by atoms with Gasteiger partial charge in [0.1, 0.15) is 6.61 Å². The molecule has 6 heteroatoms. The summed E-state index contributed by atoms with van der Waals surface area (Å²) in [6, 6.07) is 20.3. The van der Waals surface area contributed by atoms with Crippen LogP contribution in [0.4, 0.5) is 0 Å². The molecule has 3 aromatic carbocycles. The summed E-state index contributed by atoms with van der Waals surface area (Å²) in [5.41, 5.74) is 6.04. The number of aryl methyl sites for hydroxylation is 1. The van der Waals surface area contributed by atoms with E-state index in [1.807, 2.05) is 37.3 Å². The van der Waals surface area contributed by atoms with Crippen molar-refractivity contribution in [2.24, 2.45) is 5.10 Å². The minimum atomic E-state index is -0.314. The largest absolute Gasteiger partial charge is 0.490 e. The third-order valence-corrected chi connectivity index (χ3v) is 4.52. The van der Waals surface area contributed by atoms with E-state index in [1.54, 1.807) is 30.5 Å². The Hall–Kier alpha value is -3.31. The van der Waals surface area contributed by atoms with Gasteiger partial charge in [-0.2, -0.15) is 5.10 Å². The second kappa shape index (κ2) is 10.5. The van der Waals surface area contributed by atoms with Gasteiger partial charge in [0.05, 0.1) is 12.8 Å². The van der Waals surface area contributed by atoms with E-state index in [9.17, 15) is 4.79 Å². The lowest BCUT2D eigenvalue weighted by atomic mass is 10.2. The van der Waals surface area contributed by atoms with Crippen LogP contribution in [0.15, 0.2) is 71.8 Å². The lowest BCUT2D eigenvalue weighted by Gasteiger charge is -2.12. The highest BCUT2D eigenvalue weighted by molar-refractivity contribution is 6.30. The Morgan fingerprint density at radius 1 is 1.00 bits per heavy atom. The average Bonchev–Trinajstić information content (AvgIpc) is 2.75. The van der Waals surface area contributed by atoms with Crippen LogP contribution in [0.25, 0.3) is 0 Å². The maximum absolute atomic E-state index is 12.1. The first-order valence-electron chi connectivity index (χ1n) is 9.59. The molecule has 1 amide bonds. The summed E-state index contributed by atoms with van der Waals surface area (Å²) >= 11 is 5.83. The topological polar surface area (TPSA) is 59.9 Å². The van der Waals surface area contributed by atoms with Crippen LogP contribution in [-0.2, 0) is 6.61 Å². The molecule has 5 nitrogen and oxygen atoms in total. The average molecular weight is 423 g/mol. The highest BCUT2D eigenvalue weighted by Gasteiger charge is 2.07. The second-order valence-corrected chi connectivity index (χ2v) is 7.06. The standard InChI is InChI=1S/C24H23ClN2O3/c1-3-29-23-14-19(15-26-27-24(28)20-9-11-21(25)12-10-20)8-13-22(23)30-16-18-6-4-17(2)5-7-18/h4-15H,3,16H2,1-2H3,(H,27,28)/b26-15-. The first kappa shape index (κ1) is 21.4. The number of hydrogen-bond donors (Lipinski definition) is 1. The van der Waals surface area contributed by atoms with Gasteiger partial charge >= 0.3 is 0 Å². The van der Waals surface area contributed by atoms with Crippen molar-refractivity contribution in [3.8, 4) is 11.5 Å². The highest BCUT2D eigenvalue weighted by atomic mass is 35.5.